The van der Waals surface area contributed by atoms with Gasteiger partial charge in [-0.2, -0.15) is 0 Å². The number of esters is 1. The number of hydrogen-bond acceptors (Lipinski definition) is 2. The topological polar surface area (TPSA) is 26.3 Å². The summed E-state index contributed by atoms with van der Waals surface area (Å²) in [5, 5.41) is 0. The molecule has 0 aromatic heterocycles. The van der Waals surface area contributed by atoms with Crippen molar-refractivity contribution in [1.82, 2.24) is 0 Å². The van der Waals surface area contributed by atoms with Crippen molar-refractivity contribution in [2.24, 2.45) is 5.92 Å². The highest BCUT2D eigenvalue weighted by atomic mass is 18.2. The molecule has 1 saturated carbocycles. The second-order valence-corrected chi connectivity index (χ2v) is 3.86. The molecule has 0 saturated heterocycles. The van der Waals surface area contributed by atoms with E-state index in [2.05, 4.69) is 0 Å². The van der Waals surface area contributed by atoms with E-state index in [0.717, 1.165) is 5.56 Å². The van der Waals surface area contributed by atoms with Gasteiger partial charge in [0.05, 0.1) is 5.92 Å². The summed E-state index contributed by atoms with van der Waals surface area (Å²) in [6, 6.07) is 9.48. The van der Waals surface area contributed by atoms with Crippen molar-refractivity contribution in [2.75, 3.05) is 0 Å². The highest BCUT2D eigenvalue weighted by molar-refractivity contribution is 5.73. The van der Waals surface area contributed by atoms with Crippen LogP contribution in [0.1, 0.15) is 18.4 Å². The van der Waals surface area contributed by atoms with E-state index in [9.17, 15) is 9.18 Å². The molecule has 0 radical (unpaired) electrons. The third-order valence-electron chi connectivity index (χ3n) is 2.64. The molecule has 1 aliphatic rings. The van der Waals surface area contributed by atoms with Crippen LogP contribution in [0.4, 0.5) is 4.39 Å². The Kier molecular flexibility index (Phi) is 2.99. The SMILES string of the molecule is O=C(OCc1ccccc1)[C@H]1C[C@H]([18F])C1. The fourth-order valence-electron chi connectivity index (χ4n) is 1.59. The number of ether oxygens (including phenoxy) is 1. The maximum Gasteiger partial charge on any atom is 0.309 e. The second kappa shape index (κ2) is 4.43. The molecule has 15 heavy (non-hydrogen) atoms. The maximum atomic E-state index is 12.5. The Labute approximate surface area is 88.1 Å². The zero-order chi connectivity index (χ0) is 10.7. The molecule has 3 heteroatoms. The predicted molar refractivity (Wildman–Crippen MR) is 53.9 cm³/mol. The van der Waals surface area contributed by atoms with E-state index in [1.165, 1.54) is 0 Å². The monoisotopic (exact) mass is 207 g/mol. The highest BCUT2D eigenvalue weighted by Crippen LogP contribution is 2.31. The van der Waals surface area contributed by atoms with Gasteiger partial charge in [0, 0.05) is 0 Å². The molecule has 1 aliphatic carbocycles. The lowest BCUT2D eigenvalue weighted by molar-refractivity contribution is -0.155. The van der Waals surface area contributed by atoms with E-state index < -0.39 is 6.17 Å². The highest BCUT2D eigenvalue weighted by Gasteiger charge is 2.35. The molecule has 0 spiro atoms. The van der Waals surface area contributed by atoms with Crippen molar-refractivity contribution >= 4 is 5.97 Å². The van der Waals surface area contributed by atoms with Gasteiger partial charge in [-0.25, -0.2) is 4.39 Å². The summed E-state index contributed by atoms with van der Waals surface area (Å²) < 4.78 is 17.6. The fraction of sp³-hybridized carbons (Fsp3) is 0.417. The van der Waals surface area contributed by atoms with E-state index >= 15 is 0 Å². The molecule has 0 amide bonds. The Morgan fingerprint density at radius 2 is 2.00 bits per heavy atom. The number of carbonyl (C=O) groups is 1. The van der Waals surface area contributed by atoms with Crippen LogP contribution >= 0.6 is 0 Å². The first-order valence-corrected chi connectivity index (χ1v) is 5.10. The average Bonchev–Trinajstić information content (AvgIpc) is 2.23. The lowest BCUT2D eigenvalue weighted by Crippen LogP contribution is -2.32. The Bertz CT molecular complexity index is 331. The molecule has 0 unspecified atom stereocenters. The zero-order valence-electron chi connectivity index (χ0n) is 8.36. The van der Waals surface area contributed by atoms with E-state index in [1.54, 1.807) is 0 Å². The Morgan fingerprint density at radius 3 is 2.60 bits per heavy atom. The summed E-state index contributed by atoms with van der Waals surface area (Å²) in [5.41, 5.74) is 0.960. The quantitative estimate of drug-likeness (QED) is 0.712. The summed E-state index contributed by atoms with van der Waals surface area (Å²) in [5.74, 6) is -0.489. The number of hydrogen-bond donors (Lipinski definition) is 0. The van der Waals surface area contributed by atoms with Gasteiger partial charge in [-0.1, -0.05) is 30.3 Å². The van der Waals surface area contributed by atoms with Crippen LogP contribution < -0.4 is 0 Å². The van der Waals surface area contributed by atoms with Crippen LogP contribution in [0.5, 0.6) is 0 Å². The van der Waals surface area contributed by atoms with Crippen LogP contribution in [0.3, 0.4) is 0 Å². The molecule has 0 bridgehead atoms. The Hall–Kier alpha value is -1.38. The third-order valence-corrected chi connectivity index (χ3v) is 2.64. The first-order valence-electron chi connectivity index (χ1n) is 5.10. The lowest BCUT2D eigenvalue weighted by atomic mass is 9.83. The average molecular weight is 207 g/mol. The molecule has 80 valence electrons. The van der Waals surface area contributed by atoms with E-state index in [1.807, 2.05) is 30.3 Å². The van der Waals surface area contributed by atoms with E-state index in [0.29, 0.717) is 12.8 Å². The minimum atomic E-state index is -0.806. The van der Waals surface area contributed by atoms with Gasteiger partial charge >= 0.3 is 5.97 Å². The summed E-state index contributed by atoms with van der Waals surface area (Å²) >= 11 is 0. The van der Waals surface area contributed by atoms with Crippen LogP contribution in [0.2, 0.25) is 0 Å². The van der Waals surface area contributed by atoms with Crippen LogP contribution in [0, 0.1) is 5.92 Å². The summed E-state index contributed by atoms with van der Waals surface area (Å²) in [7, 11) is 0. The largest absolute Gasteiger partial charge is 0.461 e. The number of carbonyl (C=O) groups excluding carboxylic acids is 1. The van der Waals surface area contributed by atoms with Crippen molar-refractivity contribution < 1.29 is 13.9 Å². The first-order chi connectivity index (χ1) is 7.25. The van der Waals surface area contributed by atoms with Gasteiger partial charge in [0.2, 0.25) is 0 Å². The van der Waals surface area contributed by atoms with Crippen molar-refractivity contribution in [2.45, 2.75) is 25.6 Å². The van der Waals surface area contributed by atoms with Crippen molar-refractivity contribution in [3.8, 4) is 0 Å². The molecule has 1 aromatic carbocycles. The minimum Gasteiger partial charge on any atom is -0.461 e. The number of halogens is 1. The molecule has 0 atom stereocenters. The second-order valence-electron chi connectivity index (χ2n) is 3.86. The minimum absolute atomic E-state index is 0.219. The van der Waals surface area contributed by atoms with Crippen molar-refractivity contribution in [1.29, 1.82) is 0 Å². The normalized spacial score (nSPS) is 24.3. The fourth-order valence-corrected chi connectivity index (χ4v) is 1.59. The number of alkyl halides is 1. The van der Waals surface area contributed by atoms with Gasteiger partial charge in [0.1, 0.15) is 12.8 Å². The van der Waals surface area contributed by atoms with Gasteiger partial charge in [-0.05, 0) is 18.4 Å². The van der Waals surface area contributed by atoms with Crippen molar-refractivity contribution in [3.05, 3.63) is 35.9 Å². The molecule has 1 fully saturated rings. The Balaban J connectivity index is 1.76. The first kappa shape index (κ1) is 10.1. The van der Waals surface area contributed by atoms with Crippen LogP contribution in [0.25, 0.3) is 0 Å². The number of benzene rings is 1. The Morgan fingerprint density at radius 1 is 1.33 bits per heavy atom. The molecular weight excluding hydrogens is 194 g/mol. The molecule has 0 heterocycles. The summed E-state index contributed by atoms with van der Waals surface area (Å²) in [6.45, 7) is 0.285. The van der Waals surface area contributed by atoms with Gasteiger partial charge in [-0.15, -0.1) is 0 Å². The van der Waals surface area contributed by atoms with E-state index in [4.69, 9.17) is 4.74 Å². The van der Waals surface area contributed by atoms with Crippen LogP contribution in [-0.2, 0) is 16.1 Å². The summed E-state index contributed by atoms with van der Waals surface area (Å²) in [4.78, 5) is 11.4. The van der Waals surface area contributed by atoms with Gasteiger partial charge in [0.15, 0.2) is 0 Å². The van der Waals surface area contributed by atoms with E-state index in [-0.39, 0.29) is 18.5 Å². The molecular formula is C12H13FO2. The lowest BCUT2D eigenvalue weighted by Gasteiger charge is -2.27. The van der Waals surface area contributed by atoms with Crippen LogP contribution in [-0.4, -0.2) is 12.1 Å². The maximum absolute atomic E-state index is 12.5. The predicted octanol–water partition coefficient (Wildman–Crippen LogP) is 2.48. The van der Waals surface area contributed by atoms with Gasteiger partial charge in [0.25, 0.3) is 0 Å². The third kappa shape index (κ3) is 2.55. The summed E-state index contributed by atoms with van der Waals surface area (Å²) in [6.07, 6.45) is -0.152. The molecule has 0 N–H and O–H groups in total. The molecule has 0 aliphatic heterocycles. The molecule has 2 rings (SSSR count). The van der Waals surface area contributed by atoms with Crippen LogP contribution in [0.15, 0.2) is 30.3 Å². The molecule has 2 nitrogen and oxygen atoms in total. The van der Waals surface area contributed by atoms with Gasteiger partial charge in [-0.3, -0.25) is 4.79 Å². The van der Waals surface area contributed by atoms with Gasteiger partial charge < -0.3 is 4.74 Å². The molecule has 1 aromatic rings. The smallest absolute Gasteiger partial charge is 0.309 e. The standard InChI is InChI=1S/C12H13FO2/c13-11-6-10(7-11)12(14)15-8-9-4-2-1-3-5-9/h1-5,10-11H,6-8H2/t10-,11-/i13-1. The zero-order valence-corrected chi connectivity index (χ0v) is 8.36. The number of rotatable bonds is 3. The van der Waals surface area contributed by atoms with Crippen molar-refractivity contribution in [3.63, 3.8) is 0 Å².